The summed E-state index contributed by atoms with van der Waals surface area (Å²) in [5.41, 5.74) is 2.86. The Hall–Kier alpha value is -3.08. The summed E-state index contributed by atoms with van der Waals surface area (Å²) < 4.78 is 5.69. The van der Waals surface area contributed by atoms with E-state index in [9.17, 15) is 0 Å². The number of para-hydroxylation sites is 3. The predicted molar refractivity (Wildman–Crippen MR) is 107 cm³/mol. The Morgan fingerprint density at radius 2 is 1.69 bits per heavy atom. The molecule has 3 aromatic rings. The van der Waals surface area contributed by atoms with Crippen LogP contribution in [0.15, 0.2) is 60.7 Å². The molecule has 0 spiro atoms. The molecule has 0 unspecified atom stereocenters. The minimum atomic E-state index is 0.615. The second kappa shape index (κ2) is 8.34. The van der Waals surface area contributed by atoms with Gasteiger partial charge in [0.25, 0.3) is 0 Å². The van der Waals surface area contributed by atoms with Crippen molar-refractivity contribution in [3.8, 4) is 5.75 Å². The average molecular weight is 348 g/mol. The van der Waals surface area contributed by atoms with Crippen molar-refractivity contribution in [2.24, 2.45) is 0 Å². The molecule has 0 aliphatic heterocycles. The van der Waals surface area contributed by atoms with Crippen LogP contribution in [0, 0.1) is 6.92 Å². The highest BCUT2D eigenvalue weighted by atomic mass is 16.5. The fourth-order valence-electron chi connectivity index (χ4n) is 2.77. The van der Waals surface area contributed by atoms with Crippen LogP contribution in [-0.2, 0) is 0 Å². The number of benzene rings is 2. The quantitative estimate of drug-likeness (QED) is 0.645. The number of aromatic nitrogens is 2. The van der Waals surface area contributed by atoms with E-state index >= 15 is 0 Å². The monoisotopic (exact) mass is 348 g/mol. The van der Waals surface area contributed by atoms with Gasteiger partial charge in [-0.3, -0.25) is 0 Å². The molecule has 3 rings (SSSR count). The van der Waals surface area contributed by atoms with E-state index in [1.54, 1.807) is 0 Å². The van der Waals surface area contributed by atoms with Crippen LogP contribution in [0.5, 0.6) is 5.75 Å². The second-order valence-electron chi connectivity index (χ2n) is 5.83. The lowest BCUT2D eigenvalue weighted by Crippen LogP contribution is -2.19. The highest BCUT2D eigenvalue weighted by Gasteiger charge is 2.13. The SMILES string of the molecule is CCOc1ccccc1Nc1cc(C)nc(N(CC)c2ccccc2)n1. The van der Waals surface area contributed by atoms with Crippen molar-refractivity contribution in [3.63, 3.8) is 0 Å². The lowest BCUT2D eigenvalue weighted by molar-refractivity contribution is 0.342. The molecule has 26 heavy (non-hydrogen) atoms. The first-order chi connectivity index (χ1) is 12.7. The van der Waals surface area contributed by atoms with E-state index in [1.807, 2.05) is 62.4 Å². The van der Waals surface area contributed by atoms with Crippen molar-refractivity contribution in [2.75, 3.05) is 23.4 Å². The average Bonchev–Trinajstić information content (AvgIpc) is 2.65. The molecular formula is C21H24N4O. The van der Waals surface area contributed by atoms with E-state index in [1.165, 1.54) is 0 Å². The highest BCUT2D eigenvalue weighted by Crippen LogP contribution is 2.28. The molecule has 5 heteroatoms. The van der Waals surface area contributed by atoms with Gasteiger partial charge < -0.3 is 15.0 Å². The molecule has 0 aliphatic rings. The van der Waals surface area contributed by atoms with Crippen LogP contribution in [0.3, 0.4) is 0 Å². The van der Waals surface area contributed by atoms with Crippen LogP contribution < -0.4 is 15.0 Å². The Bertz CT molecular complexity index is 852. The standard InChI is InChI=1S/C21H24N4O/c1-4-25(17-11-7-6-8-12-17)21-22-16(3)15-20(24-21)23-18-13-9-10-14-19(18)26-5-2/h6-15H,4-5H2,1-3H3,(H,22,23,24). The zero-order valence-corrected chi connectivity index (χ0v) is 15.4. The molecule has 2 aromatic carbocycles. The topological polar surface area (TPSA) is 50.3 Å². The molecule has 134 valence electrons. The van der Waals surface area contributed by atoms with Gasteiger partial charge in [0.1, 0.15) is 11.6 Å². The third-order valence-corrected chi connectivity index (χ3v) is 3.92. The van der Waals surface area contributed by atoms with Gasteiger partial charge in [0.15, 0.2) is 0 Å². The van der Waals surface area contributed by atoms with Gasteiger partial charge in [0, 0.05) is 24.0 Å². The first-order valence-electron chi connectivity index (χ1n) is 8.88. The van der Waals surface area contributed by atoms with E-state index in [2.05, 4.69) is 34.3 Å². The van der Waals surface area contributed by atoms with Crippen LogP contribution in [0.25, 0.3) is 0 Å². The summed E-state index contributed by atoms with van der Waals surface area (Å²) in [6, 6.07) is 20.0. The van der Waals surface area contributed by atoms with Crippen LogP contribution in [0.4, 0.5) is 23.1 Å². The molecule has 0 fully saturated rings. The third-order valence-electron chi connectivity index (χ3n) is 3.92. The molecule has 0 bridgehead atoms. The number of nitrogens with one attached hydrogen (secondary N) is 1. The summed E-state index contributed by atoms with van der Waals surface area (Å²) in [7, 11) is 0. The predicted octanol–water partition coefficient (Wildman–Crippen LogP) is 5.09. The van der Waals surface area contributed by atoms with E-state index in [-0.39, 0.29) is 0 Å². The van der Waals surface area contributed by atoms with Gasteiger partial charge in [-0.25, -0.2) is 4.98 Å². The summed E-state index contributed by atoms with van der Waals surface area (Å²) in [4.78, 5) is 11.4. The number of anilines is 4. The molecule has 1 heterocycles. The van der Waals surface area contributed by atoms with Gasteiger partial charge in [0.05, 0.1) is 12.3 Å². The lowest BCUT2D eigenvalue weighted by Gasteiger charge is -2.22. The van der Waals surface area contributed by atoms with Gasteiger partial charge in [-0.15, -0.1) is 0 Å². The van der Waals surface area contributed by atoms with Crippen molar-refractivity contribution < 1.29 is 4.74 Å². The molecule has 0 saturated heterocycles. The number of hydrogen-bond acceptors (Lipinski definition) is 5. The maximum Gasteiger partial charge on any atom is 0.232 e. The number of aryl methyl sites for hydroxylation is 1. The Morgan fingerprint density at radius 3 is 2.42 bits per heavy atom. The fraction of sp³-hybridized carbons (Fsp3) is 0.238. The molecule has 5 nitrogen and oxygen atoms in total. The first-order valence-corrected chi connectivity index (χ1v) is 8.88. The summed E-state index contributed by atoms with van der Waals surface area (Å²) >= 11 is 0. The summed E-state index contributed by atoms with van der Waals surface area (Å²) in [5.74, 6) is 2.23. The van der Waals surface area contributed by atoms with Crippen LogP contribution in [0.1, 0.15) is 19.5 Å². The van der Waals surface area contributed by atoms with Crippen LogP contribution >= 0.6 is 0 Å². The van der Waals surface area contributed by atoms with Gasteiger partial charge in [-0.1, -0.05) is 30.3 Å². The molecule has 0 atom stereocenters. The molecule has 0 aliphatic carbocycles. The van der Waals surface area contributed by atoms with Gasteiger partial charge in [-0.05, 0) is 45.0 Å². The molecule has 0 radical (unpaired) electrons. The maximum atomic E-state index is 5.69. The highest BCUT2D eigenvalue weighted by molar-refractivity contribution is 5.66. The van der Waals surface area contributed by atoms with Crippen molar-refractivity contribution in [2.45, 2.75) is 20.8 Å². The Balaban J connectivity index is 1.93. The second-order valence-corrected chi connectivity index (χ2v) is 5.83. The third kappa shape index (κ3) is 4.11. The molecule has 0 amide bonds. The number of hydrogen-bond donors (Lipinski definition) is 1. The largest absolute Gasteiger partial charge is 0.492 e. The van der Waals surface area contributed by atoms with Crippen molar-refractivity contribution in [3.05, 3.63) is 66.4 Å². The molecule has 0 saturated carbocycles. The van der Waals surface area contributed by atoms with Gasteiger partial charge in [-0.2, -0.15) is 4.98 Å². The lowest BCUT2D eigenvalue weighted by atomic mass is 10.3. The van der Waals surface area contributed by atoms with Crippen molar-refractivity contribution in [1.82, 2.24) is 9.97 Å². The van der Waals surface area contributed by atoms with Crippen molar-refractivity contribution in [1.29, 1.82) is 0 Å². The van der Waals surface area contributed by atoms with E-state index in [4.69, 9.17) is 9.72 Å². The van der Waals surface area contributed by atoms with Crippen LogP contribution in [0.2, 0.25) is 0 Å². The zero-order valence-electron chi connectivity index (χ0n) is 15.4. The van der Waals surface area contributed by atoms with Gasteiger partial charge >= 0.3 is 0 Å². The minimum absolute atomic E-state index is 0.615. The van der Waals surface area contributed by atoms with Gasteiger partial charge in [0.2, 0.25) is 5.95 Å². The van der Waals surface area contributed by atoms with Crippen molar-refractivity contribution >= 4 is 23.1 Å². The van der Waals surface area contributed by atoms with E-state index in [0.717, 1.165) is 35.2 Å². The molecule has 1 N–H and O–H groups in total. The number of ether oxygens (including phenoxy) is 1. The Morgan fingerprint density at radius 1 is 0.962 bits per heavy atom. The first kappa shape index (κ1) is 17.7. The number of rotatable bonds is 7. The summed E-state index contributed by atoms with van der Waals surface area (Å²) in [5, 5.41) is 3.37. The Kier molecular flexibility index (Phi) is 5.69. The number of nitrogens with zero attached hydrogens (tertiary/aromatic N) is 3. The molecule has 1 aromatic heterocycles. The van der Waals surface area contributed by atoms with Crippen LogP contribution in [-0.4, -0.2) is 23.1 Å². The summed E-state index contributed by atoms with van der Waals surface area (Å²) in [6.45, 7) is 7.44. The van der Waals surface area contributed by atoms with E-state index in [0.29, 0.717) is 12.6 Å². The maximum absolute atomic E-state index is 5.69. The minimum Gasteiger partial charge on any atom is -0.492 e. The Labute approximate surface area is 154 Å². The smallest absolute Gasteiger partial charge is 0.232 e. The zero-order chi connectivity index (χ0) is 18.4. The fourth-order valence-corrected chi connectivity index (χ4v) is 2.77. The summed E-state index contributed by atoms with van der Waals surface area (Å²) in [6.07, 6.45) is 0. The normalized spacial score (nSPS) is 10.4. The van der Waals surface area contributed by atoms with E-state index < -0.39 is 0 Å². The molecular weight excluding hydrogens is 324 g/mol.